The van der Waals surface area contributed by atoms with Crippen LogP contribution in [0.2, 0.25) is 0 Å². The van der Waals surface area contributed by atoms with Crippen LogP contribution in [0.25, 0.3) is 0 Å². The van der Waals surface area contributed by atoms with Crippen molar-refractivity contribution < 1.29 is 9.32 Å². The Morgan fingerprint density at radius 1 is 1.15 bits per heavy atom. The lowest BCUT2D eigenvalue weighted by atomic mass is 9.94. The molecule has 2 aromatic rings. The number of rotatable bonds is 4. The summed E-state index contributed by atoms with van der Waals surface area (Å²) in [5.74, 6) is 1.75. The van der Waals surface area contributed by atoms with Crippen LogP contribution in [0.1, 0.15) is 41.0 Å². The van der Waals surface area contributed by atoms with Gasteiger partial charge in [-0.3, -0.25) is 9.69 Å². The Kier molecular flexibility index (Phi) is 5.04. The average Bonchev–Trinajstić information content (AvgIpc) is 2.83. The molecule has 3 aliphatic heterocycles. The Bertz CT molecular complexity index is 809. The van der Waals surface area contributed by atoms with Crippen molar-refractivity contribution >= 4 is 5.91 Å². The van der Waals surface area contributed by atoms with Crippen LogP contribution < -0.4 is 0 Å². The quantitative estimate of drug-likeness (QED) is 0.832. The molecule has 2 bridgehead atoms. The van der Waals surface area contributed by atoms with E-state index < -0.39 is 0 Å². The van der Waals surface area contributed by atoms with Gasteiger partial charge in [-0.15, -0.1) is 0 Å². The van der Waals surface area contributed by atoms with Gasteiger partial charge < -0.3 is 9.42 Å². The minimum Gasteiger partial charge on any atom is -0.361 e. The van der Waals surface area contributed by atoms with Gasteiger partial charge >= 0.3 is 0 Å². The highest BCUT2D eigenvalue weighted by Crippen LogP contribution is 2.30. The first-order chi connectivity index (χ1) is 13.0. The third-order valence-corrected chi connectivity index (χ3v) is 6.28. The van der Waals surface area contributed by atoms with Crippen molar-refractivity contribution in [2.24, 2.45) is 5.92 Å². The normalized spacial score (nSPS) is 22.9. The lowest BCUT2D eigenvalue weighted by Gasteiger charge is -2.36. The number of aromatic nitrogens is 1. The monoisotopic (exact) mass is 367 g/mol. The summed E-state index contributed by atoms with van der Waals surface area (Å²) in [6.07, 6.45) is 2.85. The second kappa shape index (κ2) is 7.47. The molecule has 2 unspecified atom stereocenters. The number of benzene rings is 1. The van der Waals surface area contributed by atoms with Crippen molar-refractivity contribution in [1.29, 1.82) is 0 Å². The molecule has 3 fully saturated rings. The molecular weight excluding hydrogens is 338 g/mol. The lowest BCUT2D eigenvalue weighted by Crippen LogP contribution is -2.48. The van der Waals surface area contributed by atoms with Crippen molar-refractivity contribution in [2.75, 3.05) is 19.6 Å². The van der Waals surface area contributed by atoms with Crippen LogP contribution in [-0.2, 0) is 17.8 Å². The van der Waals surface area contributed by atoms with Gasteiger partial charge in [-0.25, -0.2) is 0 Å². The van der Waals surface area contributed by atoms with E-state index in [2.05, 4.69) is 34.0 Å². The molecule has 5 heteroatoms. The molecule has 0 saturated carbocycles. The summed E-state index contributed by atoms with van der Waals surface area (Å²) in [5, 5.41) is 4.09. The highest BCUT2D eigenvalue weighted by Gasteiger charge is 2.37. The molecule has 3 saturated heterocycles. The second-order valence-corrected chi connectivity index (χ2v) is 8.24. The standard InChI is InChI=1S/C22H29N3O2/c1-15-6-4-5-7-19(15)10-22(26)25-12-18-8-9-20(25)13-24(11-18)14-21-16(2)23-27-17(21)3/h4-7,18,20H,8-14H2,1-3H3. The fourth-order valence-corrected chi connectivity index (χ4v) is 4.64. The number of nitrogens with zero attached hydrogens (tertiary/aromatic N) is 3. The van der Waals surface area contributed by atoms with Crippen LogP contribution in [0.3, 0.4) is 0 Å². The number of carbonyl (C=O) groups excluding carboxylic acids is 1. The average molecular weight is 367 g/mol. The minimum absolute atomic E-state index is 0.276. The molecule has 144 valence electrons. The Morgan fingerprint density at radius 2 is 1.96 bits per heavy atom. The summed E-state index contributed by atoms with van der Waals surface area (Å²) < 4.78 is 5.33. The van der Waals surface area contributed by atoms with Gasteiger partial charge in [-0.2, -0.15) is 0 Å². The van der Waals surface area contributed by atoms with Crippen molar-refractivity contribution in [3.63, 3.8) is 0 Å². The maximum Gasteiger partial charge on any atom is 0.227 e. The second-order valence-electron chi connectivity index (χ2n) is 8.24. The van der Waals surface area contributed by atoms with Crippen molar-refractivity contribution in [2.45, 2.75) is 52.6 Å². The molecule has 0 spiro atoms. The maximum atomic E-state index is 13.1. The summed E-state index contributed by atoms with van der Waals surface area (Å²) >= 11 is 0. The van der Waals surface area contributed by atoms with Gasteiger partial charge in [0.2, 0.25) is 5.91 Å². The SMILES string of the molecule is Cc1ccccc1CC(=O)N1CC2CCC1CN(Cc1c(C)noc1C)C2. The predicted octanol–water partition coefficient (Wildman–Crippen LogP) is 3.27. The topological polar surface area (TPSA) is 49.6 Å². The number of hydrogen-bond donors (Lipinski definition) is 0. The highest BCUT2D eigenvalue weighted by atomic mass is 16.5. The van der Waals surface area contributed by atoms with Gasteiger partial charge in [0.05, 0.1) is 12.1 Å². The van der Waals surface area contributed by atoms with E-state index >= 15 is 0 Å². The van der Waals surface area contributed by atoms with E-state index in [9.17, 15) is 4.79 Å². The Labute approximate surface area is 161 Å². The molecule has 3 aliphatic rings. The largest absolute Gasteiger partial charge is 0.361 e. The number of carbonyl (C=O) groups is 1. The fourth-order valence-electron chi connectivity index (χ4n) is 4.64. The van der Waals surface area contributed by atoms with Crippen LogP contribution in [-0.4, -0.2) is 46.5 Å². The number of piperidine rings is 1. The zero-order valence-corrected chi connectivity index (χ0v) is 16.6. The molecule has 0 N–H and O–H groups in total. The third kappa shape index (κ3) is 3.79. The first-order valence-electron chi connectivity index (χ1n) is 9.99. The summed E-state index contributed by atoms with van der Waals surface area (Å²) in [7, 11) is 0. The highest BCUT2D eigenvalue weighted by molar-refractivity contribution is 5.79. The van der Waals surface area contributed by atoms with Gasteiger partial charge in [-0.1, -0.05) is 29.4 Å². The van der Waals surface area contributed by atoms with E-state index in [1.807, 2.05) is 26.0 Å². The van der Waals surface area contributed by atoms with E-state index in [-0.39, 0.29) is 5.91 Å². The van der Waals surface area contributed by atoms with E-state index in [0.717, 1.165) is 49.6 Å². The molecule has 1 amide bonds. The Balaban J connectivity index is 1.46. The molecule has 2 atom stereocenters. The van der Waals surface area contributed by atoms with Crippen LogP contribution >= 0.6 is 0 Å². The van der Waals surface area contributed by atoms with Crippen molar-refractivity contribution in [3.8, 4) is 0 Å². The number of aryl methyl sites for hydroxylation is 3. The summed E-state index contributed by atoms with van der Waals surface area (Å²) in [6, 6.07) is 8.54. The van der Waals surface area contributed by atoms with Crippen molar-refractivity contribution in [3.05, 3.63) is 52.4 Å². The summed E-state index contributed by atoms with van der Waals surface area (Å²) in [6.45, 7) is 9.84. The molecule has 4 heterocycles. The van der Waals surface area contributed by atoms with Gasteiger partial charge in [0.1, 0.15) is 5.76 Å². The number of amides is 1. The third-order valence-electron chi connectivity index (χ3n) is 6.28. The molecule has 0 aliphatic carbocycles. The molecule has 5 nitrogen and oxygen atoms in total. The van der Waals surface area contributed by atoms with E-state index in [4.69, 9.17) is 4.52 Å². The van der Waals surface area contributed by atoms with E-state index in [1.54, 1.807) is 0 Å². The van der Waals surface area contributed by atoms with E-state index in [0.29, 0.717) is 18.4 Å². The summed E-state index contributed by atoms with van der Waals surface area (Å²) in [5.41, 5.74) is 4.53. The van der Waals surface area contributed by atoms with E-state index in [1.165, 1.54) is 17.5 Å². The first-order valence-corrected chi connectivity index (χ1v) is 9.99. The van der Waals surface area contributed by atoms with Crippen LogP contribution in [0.4, 0.5) is 0 Å². The Morgan fingerprint density at radius 3 is 2.70 bits per heavy atom. The number of fused-ring (bicyclic) bond motifs is 4. The van der Waals surface area contributed by atoms with Gasteiger partial charge in [0.25, 0.3) is 0 Å². The van der Waals surface area contributed by atoms with Crippen LogP contribution in [0.15, 0.2) is 28.8 Å². The van der Waals surface area contributed by atoms with Gasteiger partial charge in [0.15, 0.2) is 0 Å². The first kappa shape index (κ1) is 18.2. The van der Waals surface area contributed by atoms with Crippen LogP contribution in [0.5, 0.6) is 0 Å². The van der Waals surface area contributed by atoms with Crippen molar-refractivity contribution in [1.82, 2.24) is 15.0 Å². The van der Waals surface area contributed by atoms with Crippen LogP contribution in [0, 0.1) is 26.7 Å². The fraction of sp³-hybridized carbons (Fsp3) is 0.545. The molecular formula is C22H29N3O2. The maximum absolute atomic E-state index is 13.1. The van der Waals surface area contributed by atoms with Gasteiger partial charge in [0, 0.05) is 37.8 Å². The zero-order chi connectivity index (χ0) is 19.0. The lowest BCUT2D eigenvalue weighted by molar-refractivity contribution is -0.134. The molecule has 5 rings (SSSR count). The number of hydrogen-bond acceptors (Lipinski definition) is 4. The molecule has 1 aromatic heterocycles. The summed E-state index contributed by atoms with van der Waals surface area (Å²) in [4.78, 5) is 17.7. The molecule has 1 aromatic carbocycles. The predicted molar refractivity (Wildman–Crippen MR) is 104 cm³/mol. The Hall–Kier alpha value is -2.14. The smallest absolute Gasteiger partial charge is 0.227 e. The molecule has 0 radical (unpaired) electrons. The molecule has 27 heavy (non-hydrogen) atoms. The zero-order valence-electron chi connectivity index (χ0n) is 16.6. The minimum atomic E-state index is 0.276. The van der Waals surface area contributed by atoms with Gasteiger partial charge in [-0.05, 0) is 50.7 Å².